The van der Waals surface area contributed by atoms with Crippen LogP contribution in [-0.2, 0) is 0 Å². The normalized spacial score (nSPS) is 24.8. The lowest BCUT2D eigenvalue weighted by molar-refractivity contribution is 0.0485. The molecule has 0 saturated heterocycles. The maximum absolute atomic E-state index is 9.27. The van der Waals surface area contributed by atoms with E-state index in [4.69, 9.17) is 5.73 Å². The topological polar surface area (TPSA) is 49.5 Å². The molecular formula is C15H30N2O. The second-order valence-electron chi connectivity index (χ2n) is 6.40. The predicted octanol–water partition coefficient (Wildman–Crippen LogP) is 2.13. The molecule has 3 nitrogen and oxygen atoms in total. The second-order valence-corrected chi connectivity index (χ2v) is 6.40. The Morgan fingerprint density at radius 3 is 2.17 bits per heavy atom. The number of rotatable bonds is 6. The van der Waals surface area contributed by atoms with E-state index in [1.807, 2.05) is 0 Å². The lowest BCUT2D eigenvalue weighted by atomic mass is 9.78. The van der Waals surface area contributed by atoms with Gasteiger partial charge in [-0.25, -0.2) is 0 Å². The SMILES string of the molecule is NCC1(CN(CCO)C2CCC2)CCCCCC1. The van der Waals surface area contributed by atoms with E-state index in [1.54, 1.807) is 0 Å². The number of hydrogen-bond donors (Lipinski definition) is 2. The van der Waals surface area contributed by atoms with Gasteiger partial charge in [0, 0.05) is 19.1 Å². The largest absolute Gasteiger partial charge is 0.395 e. The lowest BCUT2D eigenvalue weighted by Gasteiger charge is -2.43. The van der Waals surface area contributed by atoms with Crippen molar-refractivity contribution in [2.24, 2.45) is 11.1 Å². The quantitative estimate of drug-likeness (QED) is 0.714. The van der Waals surface area contributed by atoms with Crippen LogP contribution in [0.3, 0.4) is 0 Å². The third kappa shape index (κ3) is 3.46. The van der Waals surface area contributed by atoms with Crippen molar-refractivity contribution in [1.82, 2.24) is 4.90 Å². The van der Waals surface area contributed by atoms with Crippen molar-refractivity contribution in [2.75, 3.05) is 26.2 Å². The fraction of sp³-hybridized carbons (Fsp3) is 1.00. The van der Waals surface area contributed by atoms with Crippen molar-refractivity contribution in [3.05, 3.63) is 0 Å². The zero-order valence-electron chi connectivity index (χ0n) is 11.7. The fourth-order valence-corrected chi connectivity index (χ4v) is 3.61. The van der Waals surface area contributed by atoms with Gasteiger partial charge in [-0.05, 0) is 37.6 Å². The molecule has 2 rings (SSSR count). The van der Waals surface area contributed by atoms with Gasteiger partial charge < -0.3 is 10.8 Å². The van der Waals surface area contributed by atoms with E-state index in [-0.39, 0.29) is 6.61 Å². The summed E-state index contributed by atoms with van der Waals surface area (Å²) in [4.78, 5) is 2.53. The predicted molar refractivity (Wildman–Crippen MR) is 75.5 cm³/mol. The third-order valence-corrected chi connectivity index (χ3v) is 5.11. The summed E-state index contributed by atoms with van der Waals surface area (Å²) in [6, 6.07) is 0.726. The van der Waals surface area contributed by atoms with Crippen LogP contribution in [0.5, 0.6) is 0 Å². The Morgan fingerprint density at radius 2 is 1.72 bits per heavy atom. The molecule has 0 bridgehead atoms. The molecule has 0 aliphatic heterocycles. The summed E-state index contributed by atoms with van der Waals surface area (Å²) in [5, 5.41) is 9.27. The summed E-state index contributed by atoms with van der Waals surface area (Å²) in [6.07, 6.45) is 12.0. The van der Waals surface area contributed by atoms with Crippen LogP contribution < -0.4 is 5.73 Å². The van der Waals surface area contributed by atoms with Gasteiger partial charge in [0.2, 0.25) is 0 Å². The molecule has 2 fully saturated rings. The second kappa shape index (κ2) is 6.88. The van der Waals surface area contributed by atoms with Crippen LogP contribution in [0, 0.1) is 5.41 Å². The highest BCUT2D eigenvalue weighted by Gasteiger charge is 2.35. The molecule has 0 spiro atoms. The maximum Gasteiger partial charge on any atom is 0.0558 e. The van der Waals surface area contributed by atoms with Gasteiger partial charge in [0.25, 0.3) is 0 Å². The van der Waals surface area contributed by atoms with Gasteiger partial charge in [0.1, 0.15) is 0 Å². The summed E-state index contributed by atoms with van der Waals surface area (Å²) in [5.41, 5.74) is 6.46. The first-order chi connectivity index (χ1) is 8.79. The molecule has 0 atom stereocenters. The van der Waals surface area contributed by atoms with Gasteiger partial charge in [0.15, 0.2) is 0 Å². The average molecular weight is 254 g/mol. The molecule has 2 saturated carbocycles. The Bertz CT molecular complexity index is 233. The summed E-state index contributed by atoms with van der Waals surface area (Å²) < 4.78 is 0. The van der Waals surface area contributed by atoms with Gasteiger partial charge in [-0.3, -0.25) is 4.90 Å². The molecule has 2 aliphatic rings. The summed E-state index contributed by atoms with van der Waals surface area (Å²) in [6.45, 7) is 3.07. The molecule has 2 aliphatic carbocycles. The number of aliphatic hydroxyl groups is 1. The van der Waals surface area contributed by atoms with E-state index in [2.05, 4.69) is 4.90 Å². The molecule has 0 unspecified atom stereocenters. The number of aliphatic hydroxyl groups excluding tert-OH is 1. The molecule has 18 heavy (non-hydrogen) atoms. The van der Waals surface area contributed by atoms with Gasteiger partial charge in [-0.15, -0.1) is 0 Å². The van der Waals surface area contributed by atoms with E-state index in [1.165, 1.54) is 57.8 Å². The van der Waals surface area contributed by atoms with Crippen LogP contribution in [0.4, 0.5) is 0 Å². The number of nitrogens with two attached hydrogens (primary N) is 1. The summed E-state index contributed by atoms with van der Waals surface area (Å²) >= 11 is 0. The maximum atomic E-state index is 9.27. The highest BCUT2D eigenvalue weighted by Crippen LogP contribution is 2.37. The molecule has 0 aromatic rings. The minimum atomic E-state index is 0.289. The van der Waals surface area contributed by atoms with Crippen LogP contribution in [0.1, 0.15) is 57.8 Å². The summed E-state index contributed by atoms with van der Waals surface area (Å²) in [7, 11) is 0. The highest BCUT2D eigenvalue weighted by molar-refractivity contribution is 4.89. The standard InChI is InChI=1S/C15H30N2O/c16-12-15(8-3-1-2-4-9-15)13-17(10-11-18)14-6-5-7-14/h14,18H,1-13,16H2. The fourth-order valence-electron chi connectivity index (χ4n) is 3.61. The minimum Gasteiger partial charge on any atom is -0.395 e. The zero-order valence-corrected chi connectivity index (χ0v) is 11.7. The first-order valence-corrected chi connectivity index (χ1v) is 7.85. The minimum absolute atomic E-state index is 0.289. The van der Waals surface area contributed by atoms with E-state index < -0.39 is 0 Å². The van der Waals surface area contributed by atoms with Crippen LogP contribution in [-0.4, -0.2) is 42.3 Å². The van der Waals surface area contributed by atoms with Crippen LogP contribution in [0.25, 0.3) is 0 Å². The van der Waals surface area contributed by atoms with Crippen molar-refractivity contribution in [1.29, 1.82) is 0 Å². The molecule has 0 aromatic carbocycles. The van der Waals surface area contributed by atoms with Gasteiger partial charge in [-0.1, -0.05) is 32.1 Å². The smallest absolute Gasteiger partial charge is 0.0558 e. The molecule has 0 radical (unpaired) electrons. The van der Waals surface area contributed by atoms with Crippen molar-refractivity contribution in [2.45, 2.75) is 63.8 Å². The van der Waals surface area contributed by atoms with Crippen molar-refractivity contribution >= 4 is 0 Å². The van der Waals surface area contributed by atoms with Gasteiger partial charge >= 0.3 is 0 Å². The Balaban J connectivity index is 1.96. The molecule has 0 aromatic heterocycles. The molecule has 3 N–H and O–H groups in total. The Hall–Kier alpha value is -0.120. The first kappa shape index (κ1) is 14.3. The highest BCUT2D eigenvalue weighted by atomic mass is 16.3. The van der Waals surface area contributed by atoms with Crippen LogP contribution >= 0.6 is 0 Å². The Kier molecular flexibility index (Phi) is 5.46. The Morgan fingerprint density at radius 1 is 1.06 bits per heavy atom. The van der Waals surface area contributed by atoms with E-state index in [9.17, 15) is 5.11 Å². The van der Waals surface area contributed by atoms with Crippen molar-refractivity contribution < 1.29 is 5.11 Å². The monoisotopic (exact) mass is 254 g/mol. The molecule has 0 heterocycles. The van der Waals surface area contributed by atoms with E-state index in [0.29, 0.717) is 5.41 Å². The average Bonchev–Trinajstić information content (AvgIpc) is 2.53. The zero-order chi connectivity index (χ0) is 12.8. The van der Waals surface area contributed by atoms with Gasteiger partial charge in [0.05, 0.1) is 6.61 Å². The first-order valence-electron chi connectivity index (χ1n) is 7.85. The molecular weight excluding hydrogens is 224 g/mol. The Labute approximate surface area is 112 Å². The summed E-state index contributed by atoms with van der Waals surface area (Å²) in [5.74, 6) is 0. The van der Waals surface area contributed by atoms with E-state index in [0.717, 1.165) is 25.7 Å². The molecule has 0 amide bonds. The lowest BCUT2D eigenvalue weighted by Crippen LogP contribution is -2.49. The number of hydrogen-bond acceptors (Lipinski definition) is 3. The number of nitrogens with zero attached hydrogens (tertiary/aromatic N) is 1. The van der Waals surface area contributed by atoms with E-state index >= 15 is 0 Å². The van der Waals surface area contributed by atoms with Crippen LogP contribution in [0.2, 0.25) is 0 Å². The molecule has 3 heteroatoms. The molecule has 106 valence electrons. The third-order valence-electron chi connectivity index (χ3n) is 5.11. The van der Waals surface area contributed by atoms with Crippen LogP contribution in [0.15, 0.2) is 0 Å². The van der Waals surface area contributed by atoms with Gasteiger partial charge in [-0.2, -0.15) is 0 Å². The van der Waals surface area contributed by atoms with Crippen molar-refractivity contribution in [3.8, 4) is 0 Å². The van der Waals surface area contributed by atoms with Crippen molar-refractivity contribution in [3.63, 3.8) is 0 Å².